The number of amides is 3. The second-order valence-electron chi connectivity index (χ2n) is 9.44. The summed E-state index contributed by atoms with van der Waals surface area (Å²) in [6, 6.07) is 4.27. The predicted octanol–water partition coefficient (Wildman–Crippen LogP) is 1.94. The summed E-state index contributed by atoms with van der Waals surface area (Å²) >= 11 is 0. The van der Waals surface area contributed by atoms with Crippen LogP contribution < -0.4 is 16.2 Å². The van der Waals surface area contributed by atoms with E-state index < -0.39 is 11.9 Å². The van der Waals surface area contributed by atoms with Gasteiger partial charge in [-0.15, -0.1) is 0 Å². The first-order valence-electron chi connectivity index (χ1n) is 12.0. The predicted molar refractivity (Wildman–Crippen MR) is 129 cm³/mol. The SMILES string of the molecule is Cc1nc2c(NC(=O)CCC3CCc4cnn(C)c4C3)cccc2c(=O)n1C1CCC(=O)NC1=O. The lowest BCUT2D eigenvalue weighted by Gasteiger charge is -2.24. The third-order valence-corrected chi connectivity index (χ3v) is 7.14. The Kier molecular flexibility index (Phi) is 5.96. The van der Waals surface area contributed by atoms with Crippen molar-refractivity contribution in [1.29, 1.82) is 0 Å². The number of rotatable bonds is 5. The summed E-state index contributed by atoms with van der Waals surface area (Å²) < 4.78 is 3.26. The Morgan fingerprint density at radius 3 is 2.83 bits per heavy atom. The molecule has 1 aliphatic heterocycles. The highest BCUT2D eigenvalue weighted by Crippen LogP contribution is 2.28. The van der Waals surface area contributed by atoms with Crippen LogP contribution in [0.3, 0.4) is 0 Å². The Labute approximate surface area is 201 Å². The highest BCUT2D eigenvalue weighted by molar-refractivity contribution is 6.01. The minimum Gasteiger partial charge on any atom is -0.324 e. The number of imide groups is 1. The van der Waals surface area contributed by atoms with Crippen LogP contribution in [0.4, 0.5) is 5.69 Å². The zero-order chi connectivity index (χ0) is 24.7. The lowest BCUT2D eigenvalue weighted by Crippen LogP contribution is -2.45. The van der Waals surface area contributed by atoms with Crippen LogP contribution in [-0.4, -0.2) is 37.1 Å². The number of hydrogen-bond acceptors (Lipinski definition) is 6. The number of para-hydroxylation sites is 1. The van der Waals surface area contributed by atoms with Crippen LogP contribution in [0.15, 0.2) is 29.2 Å². The van der Waals surface area contributed by atoms with Crippen LogP contribution in [-0.2, 0) is 34.3 Å². The van der Waals surface area contributed by atoms with E-state index in [0.717, 1.165) is 25.7 Å². The summed E-state index contributed by atoms with van der Waals surface area (Å²) in [5.74, 6) is -0.185. The molecule has 1 saturated heterocycles. The molecule has 35 heavy (non-hydrogen) atoms. The molecule has 0 bridgehead atoms. The van der Waals surface area contributed by atoms with Crippen LogP contribution in [0.25, 0.3) is 10.9 Å². The van der Waals surface area contributed by atoms with Gasteiger partial charge in [0, 0.05) is 25.6 Å². The Balaban J connectivity index is 1.32. The fourth-order valence-corrected chi connectivity index (χ4v) is 5.24. The molecule has 0 saturated carbocycles. The maximum Gasteiger partial charge on any atom is 0.262 e. The maximum atomic E-state index is 13.3. The largest absolute Gasteiger partial charge is 0.324 e. The van der Waals surface area contributed by atoms with Crippen molar-refractivity contribution < 1.29 is 14.4 Å². The van der Waals surface area contributed by atoms with Gasteiger partial charge in [-0.25, -0.2) is 4.98 Å². The van der Waals surface area contributed by atoms with Crippen LogP contribution in [0, 0.1) is 12.8 Å². The molecule has 0 spiro atoms. The number of anilines is 1. The first-order chi connectivity index (χ1) is 16.8. The van der Waals surface area contributed by atoms with E-state index in [0.29, 0.717) is 34.8 Å². The number of carbonyl (C=O) groups is 3. The van der Waals surface area contributed by atoms with Gasteiger partial charge in [-0.1, -0.05) is 6.07 Å². The quantitative estimate of drug-likeness (QED) is 0.542. The zero-order valence-corrected chi connectivity index (χ0v) is 19.8. The van der Waals surface area contributed by atoms with Gasteiger partial charge in [-0.2, -0.15) is 5.10 Å². The molecule has 10 heteroatoms. The van der Waals surface area contributed by atoms with Crippen molar-refractivity contribution in [1.82, 2.24) is 24.6 Å². The number of aryl methyl sites for hydroxylation is 3. The lowest BCUT2D eigenvalue weighted by atomic mass is 9.85. The average Bonchev–Trinajstić information content (AvgIpc) is 3.20. The topological polar surface area (TPSA) is 128 Å². The van der Waals surface area contributed by atoms with Gasteiger partial charge in [0.2, 0.25) is 17.7 Å². The van der Waals surface area contributed by atoms with E-state index in [4.69, 9.17) is 0 Å². The minimum atomic E-state index is -0.786. The number of piperidine rings is 1. The van der Waals surface area contributed by atoms with Gasteiger partial charge in [-0.3, -0.25) is 33.7 Å². The molecule has 2 atom stereocenters. The fourth-order valence-electron chi connectivity index (χ4n) is 5.24. The van der Waals surface area contributed by atoms with Gasteiger partial charge in [0.15, 0.2) is 0 Å². The van der Waals surface area contributed by atoms with Crippen LogP contribution >= 0.6 is 0 Å². The van der Waals surface area contributed by atoms with Crippen molar-refractivity contribution in [2.45, 2.75) is 57.9 Å². The summed E-state index contributed by atoms with van der Waals surface area (Å²) in [7, 11) is 1.96. The summed E-state index contributed by atoms with van der Waals surface area (Å²) in [5, 5.41) is 9.87. The molecule has 2 N–H and O–H groups in total. The highest BCUT2D eigenvalue weighted by atomic mass is 16.2. The van der Waals surface area contributed by atoms with Crippen molar-refractivity contribution in [3.63, 3.8) is 0 Å². The molecular weight excluding hydrogens is 448 g/mol. The number of aromatic nitrogens is 4. The van der Waals surface area contributed by atoms with Crippen molar-refractivity contribution >= 4 is 34.3 Å². The Hall–Kier alpha value is -3.82. The molecule has 2 aliphatic rings. The number of fused-ring (bicyclic) bond motifs is 2. The molecular formula is C25H28N6O4. The van der Waals surface area contributed by atoms with Crippen LogP contribution in [0.1, 0.15) is 55.2 Å². The van der Waals surface area contributed by atoms with Crippen LogP contribution in [0.2, 0.25) is 0 Å². The number of hydrogen-bond donors (Lipinski definition) is 2. The van der Waals surface area contributed by atoms with E-state index in [9.17, 15) is 19.2 Å². The first kappa shape index (κ1) is 22.9. The highest BCUT2D eigenvalue weighted by Gasteiger charge is 2.30. The number of nitrogens with zero attached hydrogens (tertiary/aromatic N) is 4. The smallest absolute Gasteiger partial charge is 0.262 e. The normalized spacial score (nSPS) is 19.9. The monoisotopic (exact) mass is 476 g/mol. The molecule has 0 radical (unpaired) electrons. The molecule has 182 valence electrons. The van der Waals surface area contributed by atoms with Crippen molar-refractivity contribution in [3.05, 3.63) is 51.8 Å². The van der Waals surface area contributed by atoms with Gasteiger partial charge in [0.1, 0.15) is 17.4 Å². The summed E-state index contributed by atoms with van der Waals surface area (Å²) in [4.78, 5) is 54.5. The summed E-state index contributed by atoms with van der Waals surface area (Å²) in [6.07, 6.45) is 6.45. The standard InChI is InChI=1S/C25H28N6O4/c1-14-27-23-17(25(35)31(14)19-9-11-22(33)29-24(19)34)4-3-5-18(23)28-21(32)10-7-15-6-8-16-13-26-30(2)20(16)12-15/h3-5,13,15,19H,6-12H2,1-2H3,(H,28,32)(H,29,33,34). The van der Waals surface area contributed by atoms with E-state index in [1.165, 1.54) is 15.8 Å². The third kappa shape index (κ3) is 4.36. The molecule has 1 aromatic carbocycles. The van der Waals surface area contributed by atoms with Gasteiger partial charge < -0.3 is 5.32 Å². The Morgan fingerprint density at radius 1 is 1.20 bits per heavy atom. The Bertz CT molecular complexity index is 1400. The minimum absolute atomic E-state index is 0.123. The number of carbonyl (C=O) groups excluding carboxylic acids is 3. The molecule has 5 rings (SSSR count). The van der Waals surface area contributed by atoms with Crippen molar-refractivity contribution in [3.8, 4) is 0 Å². The average molecular weight is 477 g/mol. The van der Waals surface area contributed by atoms with Crippen molar-refractivity contribution in [2.24, 2.45) is 13.0 Å². The van der Waals surface area contributed by atoms with Gasteiger partial charge >= 0.3 is 0 Å². The molecule has 2 unspecified atom stereocenters. The molecule has 1 aliphatic carbocycles. The van der Waals surface area contributed by atoms with E-state index >= 15 is 0 Å². The van der Waals surface area contributed by atoms with E-state index in [2.05, 4.69) is 20.7 Å². The van der Waals surface area contributed by atoms with E-state index in [1.807, 2.05) is 17.9 Å². The third-order valence-electron chi connectivity index (χ3n) is 7.14. The second kappa shape index (κ2) is 9.09. The first-order valence-corrected chi connectivity index (χ1v) is 12.0. The fraction of sp³-hybridized carbons (Fsp3) is 0.440. The molecule has 3 amide bonds. The number of benzene rings is 1. The van der Waals surface area contributed by atoms with E-state index in [1.54, 1.807) is 25.1 Å². The molecule has 3 aromatic rings. The molecule has 2 aromatic heterocycles. The Morgan fingerprint density at radius 2 is 2.03 bits per heavy atom. The van der Waals surface area contributed by atoms with E-state index in [-0.39, 0.29) is 30.2 Å². The lowest BCUT2D eigenvalue weighted by molar-refractivity contribution is -0.135. The van der Waals surface area contributed by atoms with Crippen LogP contribution in [0.5, 0.6) is 0 Å². The molecule has 10 nitrogen and oxygen atoms in total. The number of nitrogens with one attached hydrogen (secondary N) is 2. The second-order valence-corrected chi connectivity index (χ2v) is 9.44. The summed E-state index contributed by atoms with van der Waals surface area (Å²) in [6.45, 7) is 1.65. The molecule has 1 fully saturated rings. The van der Waals surface area contributed by atoms with Crippen molar-refractivity contribution in [2.75, 3.05) is 5.32 Å². The van der Waals surface area contributed by atoms with Gasteiger partial charge in [0.05, 0.1) is 17.3 Å². The maximum absolute atomic E-state index is 13.3. The molecule has 3 heterocycles. The zero-order valence-electron chi connectivity index (χ0n) is 19.8. The van der Waals surface area contributed by atoms with Gasteiger partial charge in [-0.05, 0) is 62.6 Å². The summed E-state index contributed by atoms with van der Waals surface area (Å²) in [5.41, 5.74) is 3.05. The van der Waals surface area contributed by atoms with Gasteiger partial charge in [0.25, 0.3) is 5.56 Å².